The lowest BCUT2D eigenvalue weighted by atomic mass is 10.5. The molecule has 0 aliphatic rings. The lowest BCUT2D eigenvalue weighted by Crippen LogP contribution is -2.37. The van der Waals surface area contributed by atoms with E-state index in [0.29, 0.717) is 6.61 Å². The highest BCUT2D eigenvalue weighted by Gasteiger charge is 2.06. The van der Waals surface area contributed by atoms with Crippen molar-refractivity contribution < 1.29 is 19.5 Å². The van der Waals surface area contributed by atoms with Crippen LogP contribution in [0, 0.1) is 0 Å². The molecule has 12 heavy (non-hydrogen) atoms. The molecule has 1 N–H and O–H groups in total. The molecule has 0 saturated heterocycles. The van der Waals surface area contributed by atoms with E-state index in [4.69, 9.17) is 4.74 Å². The van der Waals surface area contributed by atoms with Gasteiger partial charge < -0.3 is 14.7 Å². The Hall–Kier alpha value is -0.870. The minimum absolute atomic E-state index is 0. The number of esters is 1. The van der Waals surface area contributed by atoms with Crippen LogP contribution in [0.1, 0.15) is 0 Å². The molecular weight excluding hydrogens is 158 g/mol. The maximum Gasteiger partial charge on any atom is 0.330 e. The molecule has 0 heterocycles. The van der Waals surface area contributed by atoms with Crippen molar-refractivity contribution in [2.75, 3.05) is 34.3 Å². The van der Waals surface area contributed by atoms with Gasteiger partial charge in [0.1, 0.15) is 13.2 Å². The van der Waals surface area contributed by atoms with E-state index in [-0.39, 0.29) is 11.4 Å². The fraction of sp³-hybridized carbons (Fsp3) is 0.625. The second kappa shape index (κ2) is 5.74. The summed E-state index contributed by atoms with van der Waals surface area (Å²) >= 11 is 0. The Morgan fingerprint density at radius 2 is 2.00 bits per heavy atom. The fourth-order valence-corrected chi connectivity index (χ4v) is 0.479. The van der Waals surface area contributed by atoms with Gasteiger partial charge in [0, 0.05) is 6.08 Å². The molecule has 0 radical (unpaired) electrons. The Balaban J connectivity index is 0. The number of carbonyl (C=O) groups is 1. The smallest absolute Gasteiger partial charge is 0.330 e. The number of carbonyl (C=O) groups excluding carboxylic acids is 1. The van der Waals surface area contributed by atoms with Crippen LogP contribution in [0.3, 0.4) is 0 Å². The highest BCUT2D eigenvalue weighted by Crippen LogP contribution is 1.89. The van der Waals surface area contributed by atoms with E-state index < -0.39 is 0 Å². The summed E-state index contributed by atoms with van der Waals surface area (Å²) in [4.78, 5) is 10.6. The Labute approximate surface area is 73.3 Å². The lowest BCUT2D eigenvalue weighted by Gasteiger charge is -2.23. The van der Waals surface area contributed by atoms with Crippen LogP contribution in [0.15, 0.2) is 12.7 Å². The lowest BCUT2D eigenvalue weighted by molar-refractivity contribution is -0.870. The molecule has 0 aliphatic carbocycles. The Morgan fingerprint density at radius 3 is 2.33 bits per heavy atom. The molecule has 0 aromatic heterocycles. The van der Waals surface area contributed by atoms with Crippen LogP contribution in [0.25, 0.3) is 0 Å². The minimum atomic E-state index is -0.349. The second-order valence-corrected chi connectivity index (χ2v) is 3.39. The normalized spacial score (nSPS) is 9.92. The zero-order chi connectivity index (χ0) is 8.91. The molecule has 0 amide bonds. The maximum absolute atomic E-state index is 10.6. The third-order valence-electron chi connectivity index (χ3n) is 1.17. The summed E-state index contributed by atoms with van der Waals surface area (Å²) in [5.41, 5.74) is 0. The molecule has 0 unspecified atom stereocenters. The number of hydrogen-bond acceptors (Lipinski definition) is 3. The fourth-order valence-electron chi connectivity index (χ4n) is 0.479. The molecule has 0 atom stereocenters. The van der Waals surface area contributed by atoms with Crippen LogP contribution in [0.5, 0.6) is 0 Å². The molecule has 0 fully saturated rings. The minimum Gasteiger partial charge on any atom is -0.870 e. The topological polar surface area (TPSA) is 56.3 Å². The van der Waals surface area contributed by atoms with Gasteiger partial charge in [-0.15, -0.1) is 0 Å². The molecule has 4 nitrogen and oxygen atoms in total. The van der Waals surface area contributed by atoms with Crippen molar-refractivity contribution in [3.63, 3.8) is 0 Å². The molecule has 72 valence electrons. The summed E-state index contributed by atoms with van der Waals surface area (Å²) in [7, 11) is 6.13. The predicted octanol–water partition coefficient (Wildman–Crippen LogP) is 0.245. The van der Waals surface area contributed by atoms with Crippen molar-refractivity contribution in [2.24, 2.45) is 0 Å². The zero-order valence-corrected chi connectivity index (χ0v) is 7.91. The molecule has 0 aromatic carbocycles. The molecule has 0 saturated carbocycles. The zero-order valence-electron chi connectivity index (χ0n) is 7.91. The van der Waals surface area contributed by atoms with Crippen LogP contribution < -0.4 is 0 Å². The summed E-state index contributed by atoms with van der Waals surface area (Å²) in [6, 6.07) is 0. The first kappa shape index (κ1) is 13.7. The first-order valence-electron chi connectivity index (χ1n) is 3.55. The quantitative estimate of drug-likeness (QED) is 0.349. The Kier molecular flexibility index (Phi) is 6.55. The van der Waals surface area contributed by atoms with Gasteiger partial charge >= 0.3 is 5.97 Å². The van der Waals surface area contributed by atoms with Crippen LogP contribution in [0.2, 0.25) is 0 Å². The summed E-state index contributed by atoms with van der Waals surface area (Å²) in [6.45, 7) is 4.57. The van der Waals surface area contributed by atoms with Crippen molar-refractivity contribution in [3.05, 3.63) is 12.7 Å². The highest BCUT2D eigenvalue weighted by molar-refractivity contribution is 5.81. The third-order valence-corrected chi connectivity index (χ3v) is 1.17. The second-order valence-electron chi connectivity index (χ2n) is 3.39. The van der Waals surface area contributed by atoms with Gasteiger partial charge in [-0.05, 0) is 0 Å². The van der Waals surface area contributed by atoms with E-state index in [2.05, 4.69) is 6.58 Å². The number of quaternary nitrogens is 1. The van der Waals surface area contributed by atoms with Crippen LogP contribution in [-0.2, 0) is 9.53 Å². The van der Waals surface area contributed by atoms with Crippen molar-refractivity contribution in [1.82, 2.24) is 0 Å². The average molecular weight is 175 g/mol. The van der Waals surface area contributed by atoms with Gasteiger partial charge in [0.25, 0.3) is 0 Å². The summed E-state index contributed by atoms with van der Waals surface area (Å²) in [5, 5.41) is 0. The van der Waals surface area contributed by atoms with Gasteiger partial charge in [0.05, 0.1) is 21.1 Å². The van der Waals surface area contributed by atoms with Gasteiger partial charge in [-0.25, -0.2) is 4.79 Å². The standard InChI is InChI=1S/C8H16NO2.H2O/c1-5-8(10)11-7-6-9(2,3)4;/h5H,1,6-7H2,2-4H3;1H2/q+1;/p-1. The van der Waals surface area contributed by atoms with E-state index in [9.17, 15) is 4.79 Å². The Morgan fingerprint density at radius 1 is 1.50 bits per heavy atom. The third kappa shape index (κ3) is 9.13. The van der Waals surface area contributed by atoms with Crippen LogP contribution >= 0.6 is 0 Å². The van der Waals surface area contributed by atoms with Gasteiger partial charge in [0.2, 0.25) is 0 Å². The van der Waals surface area contributed by atoms with Crippen LogP contribution in [0.4, 0.5) is 0 Å². The van der Waals surface area contributed by atoms with E-state index in [1.165, 1.54) is 6.08 Å². The van der Waals surface area contributed by atoms with Gasteiger partial charge in [-0.3, -0.25) is 0 Å². The molecule has 0 rings (SSSR count). The molecule has 0 aromatic rings. The summed E-state index contributed by atoms with van der Waals surface area (Å²) < 4.78 is 5.59. The van der Waals surface area contributed by atoms with Gasteiger partial charge in [-0.1, -0.05) is 6.58 Å². The van der Waals surface area contributed by atoms with Gasteiger partial charge in [-0.2, -0.15) is 0 Å². The molecule has 4 heteroatoms. The van der Waals surface area contributed by atoms with E-state index >= 15 is 0 Å². The monoisotopic (exact) mass is 175 g/mol. The first-order valence-corrected chi connectivity index (χ1v) is 3.55. The van der Waals surface area contributed by atoms with Crippen LogP contribution in [-0.4, -0.2) is 50.2 Å². The van der Waals surface area contributed by atoms with Crippen molar-refractivity contribution >= 4 is 5.97 Å². The summed E-state index contributed by atoms with van der Waals surface area (Å²) in [5.74, 6) is -0.349. The number of ether oxygens (including phenoxy) is 1. The average Bonchev–Trinajstić information content (AvgIpc) is 1.85. The highest BCUT2D eigenvalue weighted by atomic mass is 16.5. The van der Waals surface area contributed by atoms with E-state index in [1.54, 1.807) is 0 Å². The maximum atomic E-state index is 10.6. The van der Waals surface area contributed by atoms with Crippen molar-refractivity contribution in [2.45, 2.75) is 0 Å². The van der Waals surface area contributed by atoms with E-state index in [1.807, 2.05) is 21.1 Å². The van der Waals surface area contributed by atoms with Crippen molar-refractivity contribution in [3.8, 4) is 0 Å². The van der Waals surface area contributed by atoms with E-state index in [0.717, 1.165) is 11.0 Å². The Bertz CT molecular complexity index is 149. The number of likely N-dealkylation sites (N-methyl/N-ethyl adjacent to an activating group) is 1. The molecular formula is C8H17NO3. The number of rotatable bonds is 4. The summed E-state index contributed by atoms with van der Waals surface area (Å²) in [6.07, 6.45) is 1.18. The largest absolute Gasteiger partial charge is 0.870 e. The number of hydrogen-bond donors (Lipinski definition) is 0. The van der Waals surface area contributed by atoms with Crippen molar-refractivity contribution in [1.29, 1.82) is 0 Å². The molecule has 0 aliphatic heterocycles. The number of nitrogens with zero attached hydrogens (tertiary/aromatic N) is 1. The first-order chi connectivity index (χ1) is 4.95. The predicted molar refractivity (Wildman–Crippen MR) is 46.0 cm³/mol. The molecule has 0 spiro atoms. The molecule has 0 bridgehead atoms. The SMILES string of the molecule is C=CC(=O)OCC[N+](C)(C)C.[OH-]. The van der Waals surface area contributed by atoms with Gasteiger partial charge in [0.15, 0.2) is 0 Å².